The third-order valence-corrected chi connectivity index (χ3v) is 6.53. The van der Waals surface area contributed by atoms with Crippen molar-refractivity contribution >= 4 is 28.4 Å². The molecule has 1 amide bonds. The van der Waals surface area contributed by atoms with Crippen LogP contribution in [0.1, 0.15) is 20.3 Å². The summed E-state index contributed by atoms with van der Waals surface area (Å²) in [5, 5.41) is 3.77. The fourth-order valence-corrected chi connectivity index (χ4v) is 4.66. The highest BCUT2D eigenvalue weighted by molar-refractivity contribution is 6.02. The molecule has 2 heterocycles. The molecule has 3 N–H and O–H groups in total. The van der Waals surface area contributed by atoms with Gasteiger partial charge in [-0.2, -0.15) is 0 Å². The van der Waals surface area contributed by atoms with Gasteiger partial charge in [-0.3, -0.25) is 5.32 Å². The van der Waals surface area contributed by atoms with Crippen molar-refractivity contribution in [3.05, 3.63) is 42.5 Å². The summed E-state index contributed by atoms with van der Waals surface area (Å²) in [5.74, 6) is 0.854. The topological polar surface area (TPSA) is 85.0 Å². The summed E-state index contributed by atoms with van der Waals surface area (Å²) in [4.78, 5) is 16.7. The van der Waals surface area contributed by atoms with Gasteiger partial charge in [-0.15, -0.1) is 0 Å². The Kier molecular flexibility index (Phi) is 8.15. The second-order valence-electron chi connectivity index (χ2n) is 8.96. The third kappa shape index (κ3) is 5.89. The van der Waals surface area contributed by atoms with Crippen LogP contribution in [0.5, 0.6) is 5.75 Å². The van der Waals surface area contributed by atoms with E-state index in [1.807, 2.05) is 36.4 Å². The lowest BCUT2D eigenvalue weighted by Crippen LogP contribution is -2.44. The summed E-state index contributed by atoms with van der Waals surface area (Å²) in [7, 11) is 2.18. The Morgan fingerprint density at radius 3 is 2.63 bits per heavy atom. The normalized spacial score (nSPS) is 14.8. The van der Waals surface area contributed by atoms with Crippen LogP contribution in [-0.2, 0) is 11.3 Å². The second kappa shape index (κ2) is 11.5. The van der Waals surface area contributed by atoms with Gasteiger partial charge in [0.15, 0.2) is 0 Å². The first-order valence-corrected chi connectivity index (χ1v) is 12.5. The number of benzene rings is 2. The van der Waals surface area contributed by atoms with Crippen molar-refractivity contribution in [2.45, 2.75) is 26.8 Å². The molecule has 1 saturated heterocycles. The quantitative estimate of drug-likeness (QED) is 0.440. The van der Waals surface area contributed by atoms with E-state index in [-0.39, 0.29) is 0 Å². The zero-order chi connectivity index (χ0) is 24.8. The van der Waals surface area contributed by atoms with Crippen LogP contribution in [0, 0.1) is 0 Å². The maximum atomic E-state index is 11.9. The first kappa shape index (κ1) is 24.9. The summed E-state index contributed by atoms with van der Waals surface area (Å²) in [5.41, 5.74) is 10.9. The van der Waals surface area contributed by atoms with Crippen LogP contribution in [0.15, 0.2) is 42.5 Å². The first-order chi connectivity index (χ1) is 17.0. The number of nitrogen functional groups attached to an aromatic ring is 1. The van der Waals surface area contributed by atoms with Crippen LogP contribution >= 0.6 is 0 Å². The number of amides is 1. The zero-order valence-electron chi connectivity index (χ0n) is 21.0. The molecule has 188 valence electrons. The molecule has 1 fully saturated rings. The fraction of sp³-hybridized carbons (Fsp3) is 0.444. The zero-order valence-corrected chi connectivity index (χ0v) is 21.0. The molecular formula is C27H37N5O3. The summed E-state index contributed by atoms with van der Waals surface area (Å²) in [6.45, 7) is 11.2. The average molecular weight is 480 g/mol. The van der Waals surface area contributed by atoms with Crippen molar-refractivity contribution in [2.75, 3.05) is 64.0 Å². The molecule has 1 aliphatic heterocycles. The van der Waals surface area contributed by atoms with E-state index in [1.54, 1.807) is 6.92 Å². The van der Waals surface area contributed by atoms with Gasteiger partial charge in [-0.25, -0.2) is 4.79 Å². The lowest BCUT2D eigenvalue weighted by molar-refractivity contribution is 0.145. The molecular weight excluding hydrogens is 442 g/mol. The molecule has 0 radical (unpaired) electrons. The molecule has 35 heavy (non-hydrogen) atoms. The number of carbonyl (C=O) groups is 1. The molecule has 2 aromatic carbocycles. The van der Waals surface area contributed by atoms with Gasteiger partial charge in [0.05, 0.1) is 30.1 Å². The van der Waals surface area contributed by atoms with E-state index in [0.717, 1.165) is 79.3 Å². The van der Waals surface area contributed by atoms with Crippen LogP contribution in [-0.4, -0.2) is 73.4 Å². The van der Waals surface area contributed by atoms with Crippen LogP contribution in [0.4, 0.5) is 16.2 Å². The lowest BCUT2D eigenvalue weighted by atomic mass is 10.1. The second-order valence-corrected chi connectivity index (χ2v) is 8.96. The Bertz CT molecular complexity index is 1150. The minimum Gasteiger partial charge on any atom is -0.493 e. The van der Waals surface area contributed by atoms with E-state index in [1.165, 1.54) is 0 Å². The van der Waals surface area contributed by atoms with E-state index < -0.39 is 6.09 Å². The molecule has 8 nitrogen and oxygen atoms in total. The average Bonchev–Trinajstić information content (AvgIpc) is 3.14. The molecule has 8 heteroatoms. The van der Waals surface area contributed by atoms with Gasteiger partial charge in [0, 0.05) is 62.0 Å². The number of piperazine rings is 1. The maximum Gasteiger partial charge on any atom is 0.411 e. The monoisotopic (exact) mass is 479 g/mol. The third-order valence-electron chi connectivity index (χ3n) is 6.53. The summed E-state index contributed by atoms with van der Waals surface area (Å²) < 4.78 is 13.3. The predicted molar refractivity (Wildman–Crippen MR) is 142 cm³/mol. The standard InChI is InChI=1S/C27H37N5O3/c1-4-32-24-19-22(35-17-7-12-31-15-13-30(3)14-16-31)10-11-23(24)25(28)26(32)20-8-6-9-21(18-20)29-27(33)34-5-2/h6,8-11,18-19H,4-5,7,12-17,28H2,1-3H3,(H,29,33). The maximum absolute atomic E-state index is 11.9. The summed E-state index contributed by atoms with van der Waals surface area (Å²) >= 11 is 0. The molecule has 0 unspecified atom stereocenters. The van der Waals surface area contributed by atoms with Crippen LogP contribution in [0.25, 0.3) is 22.2 Å². The summed E-state index contributed by atoms with van der Waals surface area (Å²) in [6.07, 6.45) is 0.535. The molecule has 1 aromatic heterocycles. The number of aromatic nitrogens is 1. The molecule has 0 saturated carbocycles. The molecule has 3 aromatic rings. The first-order valence-electron chi connectivity index (χ1n) is 12.5. The van der Waals surface area contributed by atoms with Crippen molar-refractivity contribution in [3.63, 3.8) is 0 Å². The summed E-state index contributed by atoms with van der Waals surface area (Å²) in [6, 6.07) is 13.8. The van der Waals surface area contributed by atoms with Crippen LogP contribution < -0.4 is 15.8 Å². The Morgan fingerprint density at radius 1 is 1.09 bits per heavy atom. The number of carbonyl (C=O) groups excluding carboxylic acids is 1. The highest BCUT2D eigenvalue weighted by Gasteiger charge is 2.18. The van der Waals surface area contributed by atoms with Gasteiger partial charge in [-0.05, 0) is 51.6 Å². The van der Waals surface area contributed by atoms with Gasteiger partial charge < -0.3 is 29.6 Å². The highest BCUT2D eigenvalue weighted by atomic mass is 16.5. The van der Waals surface area contributed by atoms with Crippen molar-refractivity contribution in [2.24, 2.45) is 0 Å². The number of hydrogen-bond acceptors (Lipinski definition) is 6. The lowest BCUT2D eigenvalue weighted by Gasteiger charge is -2.32. The molecule has 1 aliphatic rings. The Morgan fingerprint density at radius 2 is 1.89 bits per heavy atom. The number of anilines is 2. The highest BCUT2D eigenvalue weighted by Crippen LogP contribution is 2.38. The predicted octanol–water partition coefficient (Wildman–Crippen LogP) is 4.50. The van der Waals surface area contributed by atoms with Gasteiger partial charge in [0.2, 0.25) is 0 Å². The van der Waals surface area contributed by atoms with Gasteiger partial charge in [0.25, 0.3) is 0 Å². The number of ether oxygens (including phenoxy) is 2. The van der Waals surface area contributed by atoms with Crippen LogP contribution in [0.3, 0.4) is 0 Å². The van der Waals surface area contributed by atoms with Gasteiger partial charge >= 0.3 is 6.09 Å². The SMILES string of the molecule is CCOC(=O)Nc1cccc(-c2c(N)c3ccc(OCCCN4CCN(C)CC4)cc3n2CC)c1. The fourth-order valence-electron chi connectivity index (χ4n) is 4.66. The van der Waals surface area contributed by atoms with E-state index in [9.17, 15) is 4.79 Å². The number of nitrogens with zero attached hydrogens (tertiary/aromatic N) is 3. The van der Waals surface area contributed by atoms with Crippen LogP contribution in [0.2, 0.25) is 0 Å². The van der Waals surface area contributed by atoms with Crippen molar-refractivity contribution in [1.29, 1.82) is 0 Å². The number of fused-ring (bicyclic) bond motifs is 1. The number of nitrogens with one attached hydrogen (secondary N) is 1. The molecule has 4 rings (SSSR count). The van der Waals surface area contributed by atoms with Gasteiger partial charge in [-0.1, -0.05) is 12.1 Å². The molecule has 0 bridgehead atoms. The van der Waals surface area contributed by atoms with Crippen molar-refractivity contribution < 1.29 is 14.3 Å². The Balaban J connectivity index is 1.49. The van der Waals surface area contributed by atoms with Gasteiger partial charge in [0.1, 0.15) is 5.75 Å². The number of likely N-dealkylation sites (N-methyl/N-ethyl adjacent to an activating group) is 1. The van der Waals surface area contributed by atoms with Crippen molar-refractivity contribution in [1.82, 2.24) is 14.4 Å². The number of hydrogen-bond donors (Lipinski definition) is 2. The van der Waals surface area contributed by atoms with E-state index in [0.29, 0.717) is 18.9 Å². The number of nitrogens with two attached hydrogens (primary N) is 1. The largest absolute Gasteiger partial charge is 0.493 e. The molecule has 0 atom stereocenters. The van der Waals surface area contributed by atoms with E-state index >= 15 is 0 Å². The molecule has 0 aliphatic carbocycles. The Hall–Kier alpha value is -3.23. The van der Waals surface area contributed by atoms with E-state index in [4.69, 9.17) is 15.2 Å². The molecule has 0 spiro atoms. The van der Waals surface area contributed by atoms with E-state index in [2.05, 4.69) is 39.7 Å². The van der Waals surface area contributed by atoms with Crippen molar-refractivity contribution in [3.8, 4) is 17.0 Å². The smallest absolute Gasteiger partial charge is 0.411 e. The minimum absolute atomic E-state index is 0.322. The number of aryl methyl sites for hydroxylation is 1. The number of rotatable bonds is 9. The minimum atomic E-state index is -0.469. The Labute approximate surface area is 207 Å².